The van der Waals surface area contributed by atoms with Crippen LogP contribution in [0, 0.1) is 17.6 Å². The number of halogens is 2. The Morgan fingerprint density at radius 1 is 1.24 bits per heavy atom. The van der Waals surface area contributed by atoms with Crippen molar-refractivity contribution in [3.05, 3.63) is 35.4 Å². The van der Waals surface area contributed by atoms with Crippen LogP contribution in [0.2, 0.25) is 0 Å². The van der Waals surface area contributed by atoms with E-state index in [2.05, 4.69) is 17.1 Å². The first-order valence-corrected chi connectivity index (χ1v) is 8.01. The molecule has 1 aliphatic heterocycles. The lowest BCUT2D eigenvalue weighted by Crippen LogP contribution is -2.37. The summed E-state index contributed by atoms with van der Waals surface area (Å²) in [6, 6.07) is 4.57. The van der Waals surface area contributed by atoms with E-state index in [0.717, 1.165) is 38.0 Å². The van der Waals surface area contributed by atoms with Gasteiger partial charge in [0.15, 0.2) is 11.6 Å². The van der Waals surface area contributed by atoms with E-state index in [9.17, 15) is 8.78 Å². The maximum absolute atomic E-state index is 13.7. The van der Waals surface area contributed by atoms with Gasteiger partial charge in [-0.25, -0.2) is 8.78 Å². The number of likely N-dealkylation sites (tertiary alicyclic amines) is 1. The summed E-state index contributed by atoms with van der Waals surface area (Å²) in [6.45, 7) is 5.12. The van der Waals surface area contributed by atoms with Gasteiger partial charge in [0, 0.05) is 6.04 Å². The summed E-state index contributed by atoms with van der Waals surface area (Å²) in [5.41, 5.74) is 0.907. The quantitative estimate of drug-likeness (QED) is 0.890. The minimum absolute atomic E-state index is 0.176. The second-order valence-corrected chi connectivity index (χ2v) is 5.97. The maximum Gasteiger partial charge on any atom is 0.159 e. The zero-order valence-corrected chi connectivity index (χ0v) is 13.0. The summed E-state index contributed by atoms with van der Waals surface area (Å²) in [7, 11) is 1.96. The van der Waals surface area contributed by atoms with Gasteiger partial charge in [-0.05, 0) is 69.6 Å². The molecule has 0 bridgehead atoms. The van der Waals surface area contributed by atoms with Crippen molar-refractivity contribution in [2.75, 3.05) is 26.7 Å². The lowest BCUT2D eigenvalue weighted by Gasteiger charge is -2.35. The predicted molar refractivity (Wildman–Crippen MR) is 82.2 cm³/mol. The molecule has 2 rings (SSSR count). The van der Waals surface area contributed by atoms with E-state index in [1.165, 1.54) is 25.0 Å². The molecule has 1 aromatic carbocycles. The Morgan fingerprint density at radius 3 is 2.71 bits per heavy atom. The van der Waals surface area contributed by atoms with Crippen molar-refractivity contribution in [2.24, 2.45) is 5.92 Å². The van der Waals surface area contributed by atoms with Crippen LogP contribution in [-0.2, 0) is 0 Å². The van der Waals surface area contributed by atoms with Gasteiger partial charge in [-0.2, -0.15) is 0 Å². The molecule has 1 heterocycles. The van der Waals surface area contributed by atoms with Crippen molar-refractivity contribution in [3.8, 4) is 0 Å². The van der Waals surface area contributed by atoms with E-state index in [0.29, 0.717) is 5.92 Å². The minimum atomic E-state index is -0.764. The molecule has 1 N–H and O–H groups in total. The smallest absolute Gasteiger partial charge is 0.159 e. The number of hydrogen-bond acceptors (Lipinski definition) is 2. The van der Waals surface area contributed by atoms with Gasteiger partial charge in [-0.1, -0.05) is 19.4 Å². The van der Waals surface area contributed by atoms with Crippen LogP contribution in [-0.4, -0.2) is 31.6 Å². The number of rotatable bonds is 5. The first-order chi connectivity index (χ1) is 10.2. The first-order valence-electron chi connectivity index (χ1n) is 8.01. The van der Waals surface area contributed by atoms with Gasteiger partial charge in [0.25, 0.3) is 0 Å². The largest absolute Gasteiger partial charge is 0.319 e. The standard InChI is InChI=1S/C17H26F2N2/c1-3-9-21-10-5-4-6-14(12-20-2)17(21)13-7-8-15(18)16(19)11-13/h7-8,11,14,17,20H,3-6,9-10,12H2,1-2H3. The maximum atomic E-state index is 13.7. The van der Waals surface area contributed by atoms with Crippen molar-refractivity contribution in [2.45, 2.75) is 38.6 Å². The van der Waals surface area contributed by atoms with Crippen LogP contribution in [0.25, 0.3) is 0 Å². The van der Waals surface area contributed by atoms with E-state index in [4.69, 9.17) is 0 Å². The molecule has 0 saturated carbocycles. The SMILES string of the molecule is CCCN1CCCCC(CNC)C1c1ccc(F)c(F)c1. The van der Waals surface area contributed by atoms with Gasteiger partial charge in [0.05, 0.1) is 0 Å². The molecular formula is C17H26F2N2. The Kier molecular flexibility index (Phi) is 6.12. The lowest BCUT2D eigenvalue weighted by atomic mass is 9.89. The fraction of sp³-hybridized carbons (Fsp3) is 0.647. The van der Waals surface area contributed by atoms with Crippen LogP contribution in [0.4, 0.5) is 8.78 Å². The molecule has 2 unspecified atom stereocenters. The number of hydrogen-bond donors (Lipinski definition) is 1. The predicted octanol–water partition coefficient (Wildman–Crippen LogP) is 3.74. The van der Waals surface area contributed by atoms with Crippen LogP contribution in [0.1, 0.15) is 44.2 Å². The summed E-state index contributed by atoms with van der Waals surface area (Å²) in [6.07, 6.45) is 4.59. The average molecular weight is 296 g/mol. The molecule has 118 valence electrons. The topological polar surface area (TPSA) is 15.3 Å². The highest BCUT2D eigenvalue weighted by molar-refractivity contribution is 5.22. The second-order valence-electron chi connectivity index (χ2n) is 5.97. The van der Waals surface area contributed by atoms with Crippen LogP contribution in [0.5, 0.6) is 0 Å². The molecule has 1 fully saturated rings. The fourth-order valence-electron chi connectivity index (χ4n) is 3.51. The third-order valence-corrected chi connectivity index (χ3v) is 4.37. The Balaban J connectivity index is 2.34. The van der Waals surface area contributed by atoms with E-state index in [1.54, 1.807) is 6.07 Å². The van der Waals surface area contributed by atoms with Crippen molar-refractivity contribution >= 4 is 0 Å². The zero-order chi connectivity index (χ0) is 15.2. The zero-order valence-electron chi connectivity index (χ0n) is 13.0. The molecule has 0 aromatic heterocycles. The highest BCUT2D eigenvalue weighted by Gasteiger charge is 2.30. The monoisotopic (exact) mass is 296 g/mol. The summed E-state index contributed by atoms with van der Waals surface area (Å²) in [4.78, 5) is 2.45. The molecule has 2 atom stereocenters. The molecule has 4 heteroatoms. The van der Waals surface area contributed by atoms with Crippen LogP contribution < -0.4 is 5.32 Å². The van der Waals surface area contributed by atoms with Crippen molar-refractivity contribution in [1.82, 2.24) is 10.2 Å². The van der Waals surface area contributed by atoms with Crippen LogP contribution in [0.3, 0.4) is 0 Å². The molecule has 1 saturated heterocycles. The van der Waals surface area contributed by atoms with Crippen molar-refractivity contribution in [3.63, 3.8) is 0 Å². The van der Waals surface area contributed by atoms with Crippen LogP contribution in [0.15, 0.2) is 18.2 Å². The Labute approximate surface area is 126 Å². The van der Waals surface area contributed by atoms with Gasteiger partial charge in [0.1, 0.15) is 0 Å². The highest BCUT2D eigenvalue weighted by Crippen LogP contribution is 2.35. The van der Waals surface area contributed by atoms with Crippen LogP contribution >= 0.6 is 0 Å². The Hall–Kier alpha value is -1.00. The summed E-state index contributed by atoms with van der Waals surface area (Å²) >= 11 is 0. The number of benzene rings is 1. The minimum Gasteiger partial charge on any atom is -0.319 e. The number of nitrogens with zero attached hydrogens (tertiary/aromatic N) is 1. The molecule has 2 nitrogen and oxygen atoms in total. The lowest BCUT2D eigenvalue weighted by molar-refractivity contribution is 0.154. The van der Waals surface area contributed by atoms with E-state index in [-0.39, 0.29) is 6.04 Å². The van der Waals surface area contributed by atoms with Gasteiger partial charge in [-0.3, -0.25) is 4.90 Å². The fourth-order valence-corrected chi connectivity index (χ4v) is 3.51. The van der Waals surface area contributed by atoms with E-state index >= 15 is 0 Å². The average Bonchev–Trinajstić information content (AvgIpc) is 2.66. The molecule has 0 amide bonds. The molecule has 1 aromatic rings. The Morgan fingerprint density at radius 2 is 2.05 bits per heavy atom. The van der Waals surface area contributed by atoms with E-state index < -0.39 is 11.6 Å². The Bertz CT molecular complexity index is 434. The molecular weight excluding hydrogens is 270 g/mol. The molecule has 0 radical (unpaired) electrons. The second kappa shape index (κ2) is 7.85. The summed E-state index contributed by atoms with van der Waals surface area (Å²) in [5, 5.41) is 3.26. The van der Waals surface area contributed by atoms with Crippen molar-refractivity contribution in [1.29, 1.82) is 0 Å². The van der Waals surface area contributed by atoms with Gasteiger partial charge < -0.3 is 5.32 Å². The van der Waals surface area contributed by atoms with Gasteiger partial charge in [-0.15, -0.1) is 0 Å². The third kappa shape index (κ3) is 4.01. The molecule has 0 spiro atoms. The summed E-state index contributed by atoms with van der Waals surface area (Å²) in [5.74, 6) is -1.06. The molecule has 1 aliphatic rings. The first kappa shape index (κ1) is 16.4. The van der Waals surface area contributed by atoms with Gasteiger partial charge in [0.2, 0.25) is 0 Å². The highest BCUT2D eigenvalue weighted by atomic mass is 19.2. The number of nitrogens with one attached hydrogen (secondary N) is 1. The van der Waals surface area contributed by atoms with E-state index in [1.807, 2.05) is 7.05 Å². The molecule has 0 aliphatic carbocycles. The third-order valence-electron chi connectivity index (χ3n) is 4.37. The van der Waals surface area contributed by atoms with Gasteiger partial charge >= 0.3 is 0 Å². The molecule has 21 heavy (non-hydrogen) atoms. The van der Waals surface area contributed by atoms with Crippen molar-refractivity contribution < 1.29 is 8.78 Å². The summed E-state index contributed by atoms with van der Waals surface area (Å²) < 4.78 is 26.9. The normalized spacial score (nSPS) is 24.0.